The Labute approximate surface area is 43.6 Å². The fourth-order valence-corrected chi connectivity index (χ4v) is 0.394. The molecule has 0 aromatic rings. The zero-order chi connectivity index (χ0) is 5.11. The normalized spacial score (nSPS) is 27.9. The van der Waals surface area contributed by atoms with Gasteiger partial charge in [-0.15, -0.1) is 0 Å². The van der Waals surface area contributed by atoms with Gasteiger partial charge >= 0.3 is 0 Å². The predicted octanol–water partition coefficient (Wildman–Crippen LogP) is -0.321. The second kappa shape index (κ2) is 2.26. The zero-order valence-corrected chi connectivity index (χ0v) is 4.57. The van der Waals surface area contributed by atoms with Crippen LogP contribution in [0.1, 0.15) is 13.3 Å². The molecule has 42 valence electrons. The first-order valence-electron chi connectivity index (χ1n) is 2.68. The second-order valence-electron chi connectivity index (χ2n) is 1.65. The first kappa shape index (κ1) is 5.03. The maximum Gasteiger partial charge on any atom is 0.0924 e. The fraction of sp³-hybridized carbons (Fsp3) is 1.00. The van der Waals surface area contributed by atoms with E-state index in [1.807, 2.05) is 5.12 Å². The molecule has 1 aliphatic heterocycles. The molecule has 0 aliphatic carbocycles. The molecule has 3 heteroatoms. The van der Waals surface area contributed by atoms with Gasteiger partial charge < -0.3 is 0 Å². The van der Waals surface area contributed by atoms with Gasteiger partial charge in [0, 0.05) is 6.54 Å². The lowest BCUT2D eigenvalue weighted by Gasteiger charge is -1.96. The summed E-state index contributed by atoms with van der Waals surface area (Å²) >= 11 is 0. The van der Waals surface area contributed by atoms with E-state index in [-0.39, 0.29) is 0 Å². The van der Waals surface area contributed by atoms with Crippen LogP contribution in [-0.4, -0.2) is 18.3 Å². The first-order valence-corrected chi connectivity index (χ1v) is 2.68. The third kappa shape index (κ3) is 1.87. The van der Waals surface area contributed by atoms with Gasteiger partial charge in [0.05, 0.1) is 6.67 Å². The Kier molecular flexibility index (Phi) is 1.62. The number of rotatable bonds is 3. The van der Waals surface area contributed by atoms with E-state index in [9.17, 15) is 0 Å². The Morgan fingerprint density at radius 2 is 2.57 bits per heavy atom. The first-order chi connectivity index (χ1) is 3.43. The maximum absolute atomic E-state index is 3.13. The van der Waals surface area contributed by atoms with Crippen molar-refractivity contribution < 1.29 is 0 Å². The van der Waals surface area contributed by atoms with E-state index in [0.717, 1.165) is 13.2 Å². The molecule has 0 aromatic carbocycles. The molecule has 7 heavy (non-hydrogen) atoms. The van der Waals surface area contributed by atoms with Gasteiger partial charge in [-0.05, 0) is 6.42 Å². The van der Waals surface area contributed by atoms with Crippen molar-refractivity contribution in [2.45, 2.75) is 13.3 Å². The summed E-state index contributed by atoms with van der Waals surface area (Å²) < 4.78 is 0. The summed E-state index contributed by atoms with van der Waals surface area (Å²) in [5, 5.41) is 1.96. The van der Waals surface area contributed by atoms with Crippen molar-refractivity contribution in [2.24, 2.45) is 0 Å². The largest absolute Gasteiger partial charge is 0.240 e. The minimum absolute atomic E-state index is 1.00. The quantitative estimate of drug-likeness (QED) is 0.478. The van der Waals surface area contributed by atoms with Gasteiger partial charge in [0.2, 0.25) is 0 Å². The highest BCUT2D eigenvalue weighted by molar-refractivity contribution is 4.51. The summed E-state index contributed by atoms with van der Waals surface area (Å²) in [6, 6.07) is 0. The van der Waals surface area contributed by atoms with Crippen LogP contribution in [0.5, 0.6) is 0 Å². The van der Waals surface area contributed by atoms with Crippen molar-refractivity contribution in [1.82, 2.24) is 16.0 Å². The molecule has 1 heterocycles. The van der Waals surface area contributed by atoms with Crippen LogP contribution in [-0.2, 0) is 0 Å². The standard InChI is InChI=1S/C4H11N3/c1-2-3-5-7-4-6-7/h5-6H,2-4H2,1H3. The molecule has 0 bridgehead atoms. The summed E-state index contributed by atoms with van der Waals surface area (Å²) in [7, 11) is 0. The summed E-state index contributed by atoms with van der Waals surface area (Å²) in [4.78, 5) is 0. The molecule has 2 N–H and O–H groups in total. The Morgan fingerprint density at radius 1 is 1.86 bits per heavy atom. The van der Waals surface area contributed by atoms with Crippen molar-refractivity contribution in [1.29, 1.82) is 0 Å². The molecule has 1 unspecified atom stereocenters. The van der Waals surface area contributed by atoms with Crippen LogP contribution in [0, 0.1) is 0 Å². The highest BCUT2D eigenvalue weighted by Crippen LogP contribution is 1.84. The van der Waals surface area contributed by atoms with Crippen LogP contribution in [0.3, 0.4) is 0 Å². The zero-order valence-electron chi connectivity index (χ0n) is 4.57. The lowest BCUT2D eigenvalue weighted by Crippen LogP contribution is -2.23. The number of hydrazine groups is 2. The molecule has 1 saturated heterocycles. The van der Waals surface area contributed by atoms with Crippen LogP contribution < -0.4 is 10.9 Å². The summed E-state index contributed by atoms with van der Waals surface area (Å²) in [5.41, 5.74) is 6.12. The molecular formula is C4H11N3. The van der Waals surface area contributed by atoms with Gasteiger partial charge in [0.1, 0.15) is 0 Å². The van der Waals surface area contributed by atoms with Crippen LogP contribution in [0.2, 0.25) is 0 Å². The minimum atomic E-state index is 1.00. The summed E-state index contributed by atoms with van der Waals surface area (Å²) in [5.74, 6) is 0. The monoisotopic (exact) mass is 101 g/mol. The number of nitrogens with zero attached hydrogens (tertiary/aromatic N) is 1. The Hall–Kier alpha value is -0.120. The average Bonchev–Trinajstić information content (AvgIpc) is 2.42. The van der Waals surface area contributed by atoms with E-state index < -0.39 is 0 Å². The van der Waals surface area contributed by atoms with Gasteiger partial charge in [-0.3, -0.25) is 0 Å². The highest BCUT2D eigenvalue weighted by atomic mass is 15.9. The minimum Gasteiger partial charge on any atom is -0.240 e. The van der Waals surface area contributed by atoms with Gasteiger partial charge in [-0.2, -0.15) is 5.12 Å². The molecule has 1 rings (SSSR count). The number of hydrogen-bond acceptors (Lipinski definition) is 3. The number of hydrogen-bond donors (Lipinski definition) is 2. The molecule has 1 aliphatic rings. The maximum atomic E-state index is 3.13. The number of nitrogens with one attached hydrogen (secondary N) is 2. The van der Waals surface area contributed by atoms with E-state index >= 15 is 0 Å². The van der Waals surface area contributed by atoms with Crippen molar-refractivity contribution in [3.8, 4) is 0 Å². The lowest BCUT2D eigenvalue weighted by molar-refractivity contribution is 0.371. The van der Waals surface area contributed by atoms with Gasteiger partial charge in [0.15, 0.2) is 0 Å². The fourth-order valence-electron chi connectivity index (χ4n) is 0.394. The van der Waals surface area contributed by atoms with Gasteiger partial charge in [0.25, 0.3) is 0 Å². The molecule has 1 fully saturated rings. The van der Waals surface area contributed by atoms with E-state index in [1.54, 1.807) is 0 Å². The van der Waals surface area contributed by atoms with Crippen molar-refractivity contribution in [3.63, 3.8) is 0 Å². The molecule has 0 amide bonds. The van der Waals surface area contributed by atoms with E-state index in [2.05, 4.69) is 17.8 Å². The van der Waals surface area contributed by atoms with Crippen LogP contribution in [0.25, 0.3) is 0 Å². The SMILES string of the molecule is CCCNN1CN1. The molecule has 0 spiro atoms. The average molecular weight is 101 g/mol. The van der Waals surface area contributed by atoms with Crippen LogP contribution >= 0.6 is 0 Å². The molecule has 0 aromatic heterocycles. The van der Waals surface area contributed by atoms with E-state index in [0.29, 0.717) is 0 Å². The van der Waals surface area contributed by atoms with Crippen molar-refractivity contribution in [3.05, 3.63) is 0 Å². The van der Waals surface area contributed by atoms with Crippen molar-refractivity contribution in [2.75, 3.05) is 13.2 Å². The summed E-state index contributed by atoms with van der Waals surface area (Å²) in [6.07, 6.45) is 1.19. The van der Waals surface area contributed by atoms with Crippen molar-refractivity contribution >= 4 is 0 Å². The Balaban J connectivity index is 1.80. The molecular weight excluding hydrogens is 90.1 g/mol. The smallest absolute Gasteiger partial charge is 0.0924 e. The third-order valence-electron chi connectivity index (χ3n) is 0.869. The topological polar surface area (TPSA) is 37.0 Å². The predicted molar refractivity (Wildman–Crippen MR) is 28.1 cm³/mol. The molecule has 0 radical (unpaired) electrons. The molecule has 3 nitrogen and oxygen atoms in total. The second-order valence-corrected chi connectivity index (χ2v) is 1.65. The third-order valence-corrected chi connectivity index (χ3v) is 0.869. The van der Waals surface area contributed by atoms with Gasteiger partial charge in [-0.1, -0.05) is 6.92 Å². The Bertz CT molecular complexity index is 50.9. The van der Waals surface area contributed by atoms with Crippen LogP contribution in [0.15, 0.2) is 0 Å². The Morgan fingerprint density at radius 3 is 3.00 bits per heavy atom. The highest BCUT2D eigenvalue weighted by Gasteiger charge is 2.12. The lowest BCUT2D eigenvalue weighted by atomic mass is 10.5. The van der Waals surface area contributed by atoms with E-state index in [4.69, 9.17) is 0 Å². The summed E-state index contributed by atoms with van der Waals surface area (Å²) in [6.45, 7) is 4.23. The molecule has 1 atom stereocenters. The van der Waals surface area contributed by atoms with Crippen LogP contribution in [0.4, 0.5) is 0 Å². The van der Waals surface area contributed by atoms with Gasteiger partial charge in [-0.25, -0.2) is 10.9 Å². The van der Waals surface area contributed by atoms with E-state index in [1.165, 1.54) is 6.42 Å². The molecule has 0 saturated carbocycles.